The second-order valence-electron chi connectivity index (χ2n) is 22.9. The van der Waals surface area contributed by atoms with Crippen molar-refractivity contribution in [3.05, 3.63) is 134 Å². The van der Waals surface area contributed by atoms with Gasteiger partial charge in [-0.15, -0.1) is 0 Å². The largest absolute Gasteiger partial charge is 0.462 e. The van der Waals surface area contributed by atoms with Gasteiger partial charge in [-0.25, -0.2) is 0 Å². The highest BCUT2D eigenvalue weighted by Crippen LogP contribution is 2.17. The van der Waals surface area contributed by atoms with Crippen LogP contribution in [0.3, 0.4) is 0 Å². The molecule has 0 fully saturated rings. The number of carbonyl (C=O) groups excluding carboxylic acids is 2. The molecule has 5 heteroatoms. The van der Waals surface area contributed by atoms with Crippen LogP contribution in [0.25, 0.3) is 0 Å². The molecule has 0 bridgehead atoms. The minimum Gasteiger partial charge on any atom is -0.462 e. The Kier molecular flexibility index (Phi) is 67.9. The molecule has 0 aliphatic carbocycles. The zero-order chi connectivity index (χ0) is 59.1. The van der Waals surface area contributed by atoms with Crippen molar-refractivity contribution in [3.8, 4) is 0 Å². The van der Waals surface area contributed by atoms with Gasteiger partial charge in [0.2, 0.25) is 0 Å². The molecule has 0 saturated heterocycles. The third-order valence-electron chi connectivity index (χ3n) is 14.9. The van der Waals surface area contributed by atoms with Gasteiger partial charge in [-0.3, -0.25) is 9.59 Å². The molecule has 0 spiro atoms. The molecular weight excluding hydrogens is 1000 g/mol. The molecule has 0 radical (unpaired) electrons. The van der Waals surface area contributed by atoms with Crippen molar-refractivity contribution in [2.45, 2.75) is 328 Å². The van der Waals surface area contributed by atoms with Gasteiger partial charge in [-0.05, 0) is 116 Å². The maximum absolute atomic E-state index is 12.4. The summed E-state index contributed by atoms with van der Waals surface area (Å²) >= 11 is 0. The summed E-state index contributed by atoms with van der Waals surface area (Å²) in [5.41, 5.74) is 0. The van der Waals surface area contributed by atoms with Crippen LogP contribution in [0.4, 0.5) is 0 Å². The summed E-state index contributed by atoms with van der Waals surface area (Å²) in [6, 6.07) is 0. The van der Waals surface area contributed by atoms with Gasteiger partial charge in [0, 0.05) is 12.8 Å². The van der Waals surface area contributed by atoms with E-state index in [1.165, 1.54) is 193 Å². The summed E-state index contributed by atoms with van der Waals surface area (Å²) in [6.45, 7) is 4.04. The summed E-state index contributed by atoms with van der Waals surface area (Å²) in [7, 11) is 0. The lowest BCUT2D eigenvalue weighted by molar-refractivity contribution is -0.161. The lowest BCUT2D eigenvalue weighted by Gasteiger charge is -2.15. The number of ether oxygens (including phenoxy) is 2. The molecule has 0 saturated carbocycles. The number of allylic oxidation sites excluding steroid dienone is 22. The van der Waals surface area contributed by atoms with E-state index >= 15 is 0 Å². The van der Waals surface area contributed by atoms with Crippen LogP contribution >= 0.6 is 0 Å². The summed E-state index contributed by atoms with van der Waals surface area (Å²) in [5, 5.41) is 9.70. The van der Waals surface area contributed by atoms with Gasteiger partial charge in [0.1, 0.15) is 6.61 Å². The van der Waals surface area contributed by atoms with Crippen LogP contribution in [0.1, 0.15) is 322 Å². The smallest absolute Gasteiger partial charge is 0.306 e. The second-order valence-corrected chi connectivity index (χ2v) is 22.9. The second kappa shape index (κ2) is 71.3. The Bertz CT molecular complexity index is 1670. The Balaban J connectivity index is 3.52. The molecule has 1 N–H and O–H groups in total. The molecule has 0 rings (SSSR count). The van der Waals surface area contributed by atoms with Crippen LogP contribution in [0.15, 0.2) is 134 Å². The van der Waals surface area contributed by atoms with E-state index in [1.807, 2.05) is 0 Å². The van der Waals surface area contributed by atoms with E-state index in [0.29, 0.717) is 12.8 Å². The molecule has 0 amide bonds. The molecule has 1 atom stereocenters. The monoisotopic (exact) mass is 1130 g/mol. The van der Waals surface area contributed by atoms with Crippen molar-refractivity contribution < 1.29 is 24.2 Å². The number of aliphatic hydroxyl groups is 1. The molecule has 0 aromatic rings. The summed E-state index contributed by atoms with van der Waals surface area (Å²) in [5.74, 6) is -0.589. The Labute approximate surface area is 508 Å². The Morgan fingerprint density at radius 3 is 0.793 bits per heavy atom. The maximum Gasteiger partial charge on any atom is 0.306 e. The van der Waals surface area contributed by atoms with Gasteiger partial charge in [0.15, 0.2) is 6.10 Å². The van der Waals surface area contributed by atoms with Crippen molar-refractivity contribution in [1.82, 2.24) is 0 Å². The lowest BCUT2D eigenvalue weighted by Crippen LogP contribution is -2.28. The summed E-state index contributed by atoms with van der Waals surface area (Å²) in [6.07, 6.45) is 106. The molecule has 1 unspecified atom stereocenters. The van der Waals surface area contributed by atoms with Crippen molar-refractivity contribution in [2.75, 3.05) is 13.2 Å². The summed E-state index contributed by atoms with van der Waals surface area (Å²) in [4.78, 5) is 24.7. The first-order chi connectivity index (χ1) is 40.6. The molecule has 82 heavy (non-hydrogen) atoms. The van der Waals surface area contributed by atoms with Crippen LogP contribution in [0.2, 0.25) is 0 Å². The van der Waals surface area contributed by atoms with E-state index < -0.39 is 6.10 Å². The predicted octanol–water partition coefficient (Wildman–Crippen LogP) is 24.3. The summed E-state index contributed by atoms with van der Waals surface area (Å²) < 4.78 is 10.8. The molecule has 0 aromatic carbocycles. The van der Waals surface area contributed by atoms with Crippen molar-refractivity contribution >= 4 is 11.9 Å². The average Bonchev–Trinajstić information content (AvgIpc) is 3.49. The lowest BCUT2D eigenvalue weighted by atomic mass is 10.0. The van der Waals surface area contributed by atoms with Crippen LogP contribution in [-0.4, -0.2) is 36.4 Å². The molecule has 0 aliphatic rings. The SMILES string of the molecule is CC/C=C\C/C=C\C/C=C\C/C=C\C/C=C\C/C=C\C/C=C\C/C=C\C/C=C\CCCCCCCCCCCCCC(=O)OC(CO)COC(=O)CCCCCCCCCCCCCCCCCCC/C=C\C/C=C\CCCCCCC. The molecular formula is C77H130O5. The third-order valence-corrected chi connectivity index (χ3v) is 14.9. The normalized spacial score (nSPS) is 13.1. The fraction of sp³-hybridized carbons (Fsp3) is 0.688. The predicted molar refractivity (Wildman–Crippen MR) is 361 cm³/mol. The van der Waals surface area contributed by atoms with Crippen LogP contribution in [-0.2, 0) is 19.1 Å². The fourth-order valence-corrected chi connectivity index (χ4v) is 9.76. The van der Waals surface area contributed by atoms with Crippen LogP contribution in [0.5, 0.6) is 0 Å². The Morgan fingerprint density at radius 1 is 0.293 bits per heavy atom. The average molecular weight is 1140 g/mol. The van der Waals surface area contributed by atoms with Gasteiger partial charge in [0.05, 0.1) is 6.61 Å². The van der Waals surface area contributed by atoms with Gasteiger partial charge in [0.25, 0.3) is 0 Å². The number of carbonyl (C=O) groups is 2. The van der Waals surface area contributed by atoms with Gasteiger partial charge >= 0.3 is 11.9 Å². The Hall–Kier alpha value is -3.96. The van der Waals surface area contributed by atoms with Gasteiger partial charge in [-0.1, -0.05) is 327 Å². The number of unbranched alkanes of at least 4 members (excludes halogenated alkanes) is 33. The topological polar surface area (TPSA) is 72.8 Å². The zero-order valence-corrected chi connectivity index (χ0v) is 53.7. The van der Waals surface area contributed by atoms with E-state index in [0.717, 1.165) is 103 Å². The van der Waals surface area contributed by atoms with Crippen LogP contribution in [0, 0.1) is 0 Å². The number of hydrogen-bond donors (Lipinski definition) is 1. The molecule has 0 aromatic heterocycles. The van der Waals surface area contributed by atoms with Crippen molar-refractivity contribution in [2.24, 2.45) is 0 Å². The zero-order valence-electron chi connectivity index (χ0n) is 53.7. The first-order valence-electron chi connectivity index (χ1n) is 34.7. The number of esters is 2. The van der Waals surface area contributed by atoms with E-state index in [-0.39, 0.29) is 25.2 Å². The third kappa shape index (κ3) is 68.5. The standard InChI is InChI=1S/C77H130O5/c1-3-5-7-9-11-13-15-17-19-21-23-25-27-29-31-33-34-35-36-37-38-39-40-41-42-44-46-48-50-52-54-56-58-60-62-64-66-68-70-72-77(80)82-75(73-78)74-81-76(79)71-69-67-65-63-61-59-57-55-53-51-49-47-45-43-32-30-28-26-24-22-20-18-16-14-12-10-8-6-4-2/h5,7,11,13,16-19,22-25,29,31,34-35,37-38,40-41,44,46,75,78H,3-4,6,8-10,12,14-15,20-21,26-28,30,32-33,36,39,42-43,45,47-74H2,1-2H3/b7-5-,13-11-,18-16-,19-17-,24-22-,25-23-,31-29-,35-34-,38-37-,41-40-,46-44-. The minimum absolute atomic E-state index is 0.0704. The number of hydrogen-bond acceptors (Lipinski definition) is 5. The van der Waals surface area contributed by atoms with E-state index in [9.17, 15) is 14.7 Å². The fourth-order valence-electron chi connectivity index (χ4n) is 9.76. The van der Waals surface area contributed by atoms with E-state index in [4.69, 9.17) is 9.47 Å². The highest BCUT2D eigenvalue weighted by molar-refractivity contribution is 5.70. The van der Waals surface area contributed by atoms with Gasteiger partial charge < -0.3 is 14.6 Å². The van der Waals surface area contributed by atoms with Gasteiger partial charge in [-0.2, -0.15) is 0 Å². The number of rotatable bonds is 63. The quantitative estimate of drug-likeness (QED) is 0.0373. The van der Waals surface area contributed by atoms with Crippen molar-refractivity contribution in [3.63, 3.8) is 0 Å². The molecule has 0 aliphatic heterocycles. The van der Waals surface area contributed by atoms with E-state index in [1.54, 1.807) is 0 Å². The Morgan fingerprint density at radius 2 is 0.524 bits per heavy atom. The first kappa shape index (κ1) is 78.0. The highest BCUT2D eigenvalue weighted by atomic mass is 16.6. The highest BCUT2D eigenvalue weighted by Gasteiger charge is 2.16. The van der Waals surface area contributed by atoms with E-state index in [2.05, 4.69) is 148 Å². The first-order valence-corrected chi connectivity index (χ1v) is 34.7. The molecule has 5 nitrogen and oxygen atoms in total. The minimum atomic E-state index is -0.782. The number of aliphatic hydroxyl groups excluding tert-OH is 1. The molecule has 0 heterocycles. The van der Waals surface area contributed by atoms with Crippen LogP contribution < -0.4 is 0 Å². The van der Waals surface area contributed by atoms with Crippen molar-refractivity contribution in [1.29, 1.82) is 0 Å². The maximum atomic E-state index is 12.4. The molecule has 468 valence electrons.